The van der Waals surface area contributed by atoms with Crippen molar-refractivity contribution in [2.75, 3.05) is 0 Å². The van der Waals surface area contributed by atoms with E-state index < -0.39 is 5.41 Å². The molecular formula is C13H25N3O2. The highest BCUT2D eigenvalue weighted by atomic mass is 16.4. The van der Waals surface area contributed by atoms with Crippen molar-refractivity contribution in [2.24, 2.45) is 22.2 Å². The van der Waals surface area contributed by atoms with E-state index in [4.69, 9.17) is 10.9 Å². The minimum atomic E-state index is -0.795. The van der Waals surface area contributed by atoms with E-state index in [0.717, 1.165) is 19.3 Å². The summed E-state index contributed by atoms with van der Waals surface area (Å²) in [6.07, 6.45) is 4.12. The summed E-state index contributed by atoms with van der Waals surface area (Å²) in [6.45, 7) is 6.22. The minimum Gasteiger partial charge on any atom is -0.409 e. The SMILES string of the molecule is CCC(NC(=O)C1(/C(N)=N/O)CCCC1)C(C)C. The van der Waals surface area contributed by atoms with Crippen LogP contribution in [-0.2, 0) is 4.79 Å². The molecule has 1 aliphatic rings. The number of hydrogen-bond donors (Lipinski definition) is 3. The molecule has 5 heteroatoms. The van der Waals surface area contributed by atoms with Crippen LogP contribution in [0.3, 0.4) is 0 Å². The Morgan fingerprint density at radius 2 is 2.00 bits per heavy atom. The molecule has 1 atom stereocenters. The second-order valence-electron chi connectivity index (χ2n) is 5.51. The van der Waals surface area contributed by atoms with Gasteiger partial charge in [0.2, 0.25) is 5.91 Å². The second-order valence-corrected chi connectivity index (χ2v) is 5.51. The van der Waals surface area contributed by atoms with Crippen LogP contribution in [0.1, 0.15) is 52.9 Å². The van der Waals surface area contributed by atoms with Crippen LogP contribution in [0.5, 0.6) is 0 Å². The Bertz CT molecular complexity index is 320. The number of nitrogens with two attached hydrogens (primary N) is 1. The zero-order valence-corrected chi connectivity index (χ0v) is 11.6. The minimum absolute atomic E-state index is 0.0520. The number of carbonyl (C=O) groups excluding carboxylic acids is 1. The highest BCUT2D eigenvalue weighted by molar-refractivity contribution is 6.07. The van der Waals surface area contributed by atoms with Crippen LogP contribution in [0.25, 0.3) is 0 Å². The predicted molar refractivity (Wildman–Crippen MR) is 71.4 cm³/mol. The summed E-state index contributed by atoms with van der Waals surface area (Å²) in [5.74, 6) is 0.344. The molecule has 1 unspecified atom stereocenters. The molecule has 4 N–H and O–H groups in total. The Balaban J connectivity index is 2.85. The van der Waals surface area contributed by atoms with Gasteiger partial charge in [-0.05, 0) is 25.2 Å². The summed E-state index contributed by atoms with van der Waals surface area (Å²) in [5, 5.41) is 15.0. The summed E-state index contributed by atoms with van der Waals surface area (Å²) >= 11 is 0. The molecule has 0 radical (unpaired) electrons. The number of carbonyl (C=O) groups is 1. The van der Waals surface area contributed by atoms with Crippen LogP contribution >= 0.6 is 0 Å². The van der Waals surface area contributed by atoms with Crippen molar-refractivity contribution in [1.82, 2.24) is 5.32 Å². The lowest BCUT2D eigenvalue weighted by Gasteiger charge is -2.30. The van der Waals surface area contributed by atoms with Crippen molar-refractivity contribution in [3.8, 4) is 0 Å². The van der Waals surface area contributed by atoms with E-state index in [1.54, 1.807) is 0 Å². The van der Waals surface area contributed by atoms with Crippen molar-refractivity contribution in [2.45, 2.75) is 58.9 Å². The fourth-order valence-corrected chi connectivity index (χ4v) is 2.72. The molecule has 1 saturated carbocycles. The van der Waals surface area contributed by atoms with Gasteiger partial charge in [-0.3, -0.25) is 4.79 Å². The number of rotatable bonds is 5. The van der Waals surface area contributed by atoms with Crippen LogP contribution in [0, 0.1) is 11.3 Å². The fourth-order valence-electron chi connectivity index (χ4n) is 2.72. The van der Waals surface area contributed by atoms with E-state index >= 15 is 0 Å². The molecule has 0 aromatic heterocycles. The zero-order chi connectivity index (χ0) is 13.8. The average molecular weight is 255 g/mol. The lowest BCUT2D eigenvalue weighted by molar-refractivity contribution is -0.128. The monoisotopic (exact) mass is 255 g/mol. The van der Waals surface area contributed by atoms with Gasteiger partial charge in [0.05, 0.1) is 0 Å². The van der Waals surface area contributed by atoms with Crippen LogP contribution in [0.2, 0.25) is 0 Å². The number of amidine groups is 1. The van der Waals surface area contributed by atoms with E-state index in [1.165, 1.54) is 0 Å². The third-order valence-corrected chi connectivity index (χ3v) is 4.05. The van der Waals surface area contributed by atoms with Crippen LogP contribution < -0.4 is 11.1 Å². The Labute approximate surface area is 109 Å². The van der Waals surface area contributed by atoms with E-state index in [-0.39, 0.29) is 17.8 Å². The summed E-state index contributed by atoms with van der Waals surface area (Å²) in [5.41, 5.74) is 4.95. The number of nitrogens with one attached hydrogen (secondary N) is 1. The molecular weight excluding hydrogens is 230 g/mol. The largest absolute Gasteiger partial charge is 0.409 e. The van der Waals surface area contributed by atoms with E-state index in [1.807, 2.05) is 0 Å². The van der Waals surface area contributed by atoms with Crippen molar-refractivity contribution in [3.05, 3.63) is 0 Å². The maximum absolute atomic E-state index is 12.5. The molecule has 0 aromatic carbocycles. The molecule has 5 nitrogen and oxygen atoms in total. The quantitative estimate of drug-likeness (QED) is 0.303. The molecule has 0 bridgehead atoms. The molecule has 0 aliphatic heterocycles. The van der Waals surface area contributed by atoms with E-state index in [0.29, 0.717) is 18.8 Å². The predicted octanol–water partition coefficient (Wildman–Crippen LogP) is 1.84. The van der Waals surface area contributed by atoms with Crippen LogP contribution in [0.4, 0.5) is 0 Å². The van der Waals surface area contributed by atoms with Gasteiger partial charge in [-0.2, -0.15) is 0 Å². The first-order chi connectivity index (χ1) is 8.47. The topological polar surface area (TPSA) is 87.7 Å². The third kappa shape index (κ3) is 2.76. The van der Waals surface area contributed by atoms with Gasteiger partial charge < -0.3 is 16.3 Å². The lowest BCUT2D eigenvalue weighted by Crippen LogP contribution is -2.52. The van der Waals surface area contributed by atoms with Crippen molar-refractivity contribution in [3.63, 3.8) is 0 Å². The summed E-state index contributed by atoms with van der Waals surface area (Å²) in [4.78, 5) is 12.5. The second kappa shape index (κ2) is 6.07. The number of nitrogens with zero attached hydrogens (tertiary/aromatic N) is 1. The Hall–Kier alpha value is -1.26. The Morgan fingerprint density at radius 1 is 1.44 bits per heavy atom. The van der Waals surface area contributed by atoms with Crippen molar-refractivity contribution in [1.29, 1.82) is 0 Å². The van der Waals surface area contributed by atoms with Gasteiger partial charge in [0.25, 0.3) is 0 Å². The molecule has 1 rings (SSSR count). The van der Waals surface area contributed by atoms with Gasteiger partial charge in [0, 0.05) is 6.04 Å². The Kier molecular flexibility index (Phi) is 4.99. The van der Waals surface area contributed by atoms with Gasteiger partial charge in [-0.15, -0.1) is 0 Å². The first-order valence-electron chi connectivity index (χ1n) is 6.77. The van der Waals surface area contributed by atoms with Gasteiger partial charge in [-0.1, -0.05) is 38.8 Å². The Morgan fingerprint density at radius 3 is 2.39 bits per heavy atom. The van der Waals surface area contributed by atoms with Crippen LogP contribution in [-0.4, -0.2) is 23.0 Å². The van der Waals surface area contributed by atoms with Gasteiger partial charge in [-0.25, -0.2) is 0 Å². The maximum Gasteiger partial charge on any atom is 0.234 e. The lowest BCUT2D eigenvalue weighted by atomic mass is 9.83. The van der Waals surface area contributed by atoms with Crippen molar-refractivity contribution < 1.29 is 10.0 Å². The first-order valence-corrected chi connectivity index (χ1v) is 6.77. The normalized spacial score (nSPS) is 21.0. The van der Waals surface area contributed by atoms with Gasteiger partial charge in [0.15, 0.2) is 5.84 Å². The van der Waals surface area contributed by atoms with Crippen LogP contribution in [0.15, 0.2) is 5.16 Å². The molecule has 0 heterocycles. The fraction of sp³-hybridized carbons (Fsp3) is 0.846. The standard InChI is InChI=1S/C13H25N3O2/c1-4-10(9(2)3)15-12(17)13(11(14)16-18)7-5-6-8-13/h9-10,18H,4-8H2,1-3H3,(H2,14,16)(H,15,17). The molecule has 1 aliphatic carbocycles. The van der Waals surface area contributed by atoms with Gasteiger partial charge in [0.1, 0.15) is 5.41 Å². The molecule has 1 amide bonds. The highest BCUT2D eigenvalue weighted by Crippen LogP contribution is 2.38. The molecule has 0 aromatic rings. The first kappa shape index (κ1) is 14.8. The van der Waals surface area contributed by atoms with Gasteiger partial charge >= 0.3 is 0 Å². The molecule has 0 saturated heterocycles. The number of oxime groups is 1. The average Bonchev–Trinajstić information content (AvgIpc) is 2.84. The number of hydrogen-bond acceptors (Lipinski definition) is 3. The van der Waals surface area contributed by atoms with Crippen molar-refractivity contribution >= 4 is 11.7 Å². The summed E-state index contributed by atoms with van der Waals surface area (Å²) in [6, 6.07) is 0.140. The summed E-state index contributed by atoms with van der Waals surface area (Å²) in [7, 11) is 0. The molecule has 0 spiro atoms. The highest BCUT2D eigenvalue weighted by Gasteiger charge is 2.45. The molecule has 18 heavy (non-hydrogen) atoms. The number of amides is 1. The van der Waals surface area contributed by atoms with E-state index in [9.17, 15) is 4.79 Å². The third-order valence-electron chi connectivity index (χ3n) is 4.05. The maximum atomic E-state index is 12.5. The van der Waals surface area contributed by atoms with E-state index in [2.05, 4.69) is 31.2 Å². The summed E-state index contributed by atoms with van der Waals surface area (Å²) < 4.78 is 0. The molecule has 104 valence electrons. The smallest absolute Gasteiger partial charge is 0.234 e. The molecule has 1 fully saturated rings. The zero-order valence-electron chi connectivity index (χ0n) is 11.6.